The van der Waals surface area contributed by atoms with E-state index in [1.165, 1.54) is 0 Å². The van der Waals surface area contributed by atoms with E-state index in [0.717, 1.165) is 40.3 Å². The number of imidazole rings is 1. The fourth-order valence-electron chi connectivity index (χ4n) is 2.88. The zero-order valence-corrected chi connectivity index (χ0v) is 13.9. The molecule has 0 amide bonds. The van der Waals surface area contributed by atoms with Crippen LogP contribution in [-0.2, 0) is 6.54 Å². The number of hydrogen-bond acceptors (Lipinski definition) is 4. The van der Waals surface area contributed by atoms with Crippen LogP contribution in [-0.4, -0.2) is 33.2 Å². The number of rotatable bonds is 6. The van der Waals surface area contributed by atoms with E-state index in [0.29, 0.717) is 6.61 Å². The molecule has 2 N–H and O–H groups in total. The molecular weight excluding hydrogens is 314 g/mol. The van der Waals surface area contributed by atoms with Crippen molar-refractivity contribution >= 4 is 16.9 Å². The van der Waals surface area contributed by atoms with Crippen molar-refractivity contribution < 1.29 is 4.74 Å². The normalized spacial score (nSPS) is 10.9. The van der Waals surface area contributed by atoms with Crippen LogP contribution in [0, 0.1) is 0 Å². The quantitative estimate of drug-likeness (QED) is 0.566. The first-order chi connectivity index (χ1) is 12.3. The van der Waals surface area contributed by atoms with Crippen molar-refractivity contribution in [1.82, 2.24) is 19.5 Å². The second-order valence-corrected chi connectivity index (χ2v) is 5.69. The predicted molar refractivity (Wildman–Crippen MR) is 98.8 cm³/mol. The van der Waals surface area contributed by atoms with Gasteiger partial charge in [0.05, 0.1) is 12.9 Å². The van der Waals surface area contributed by atoms with Gasteiger partial charge >= 0.3 is 0 Å². The third kappa shape index (κ3) is 3.06. The molecule has 25 heavy (non-hydrogen) atoms. The van der Waals surface area contributed by atoms with Gasteiger partial charge in [0.1, 0.15) is 23.8 Å². The zero-order chi connectivity index (χ0) is 17.1. The summed E-state index contributed by atoms with van der Waals surface area (Å²) in [6, 6.07) is 12.2. The molecule has 0 radical (unpaired) electrons. The van der Waals surface area contributed by atoms with Crippen molar-refractivity contribution in [3.05, 3.63) is 61.3 Å². The summed E-state index contributed by atoms with van der Waals surface area (Å²) >= 11 is 0. The molecule has 0 atom stereocenters. The van der Waals surface area contributed by atoms with Gasteiger partial charge < -0.3 is 19.6 Å². The van der Waals surface area contributed by atoms with Crippen LogP contribution in [0.15, 0.2) is 61.3 Å². The molecule has 1 aromatic carbocycles. The van der Waals surface area contributed by atoms with Crippen molar-refractivity contribution in [2.24, 2.45) is 0 Å². The van der Waals surface area contributed by atoms with E-state index in [1.54, 1.807) is 12.5 Å². The Bertz CT molecular complexity index is 975. The minimum atomic E-state index is 0.577. The summed E-state index contributed by atoms with van der Waals surface area (Å²) in [5.74, 6) is 1.68. The van der Waals surface area contributed by atoms with E-state index in [-0.39, 0.29) is 0 Å². The highest BCUT2D eigenvalue weighted by atomic mass is 16.5. The van der Waals surface area contributed by atoms with Crippen LogP contribution >= 0.6 is 0 Å². The van der Waals surface area contributed by atoms with Crippen molar-refractivity contribution in [3.8, 4) is 16.9 Å². The first-order valence-corrected chi connectivity index (χ1v) is 8.19. The molecule has 0 aliphatic heterocycles. The summed E-state index contributed by atoms with van der Waals surface area (Å²) in [6.07, 6.45) is 7.40. The molecule has 4 rings (SSSR count). The molecule has 3 aromatic heterocycles. The Morgan fingerprint density at radius 1 is 1.20 bits per heavy atom. The van der Waals surface area contributed by atoms with Crippen LogP contribution in [0.3, 0.4) is 0 Å². The van der Waals surface area contributed by atoms with Crippen LogP contribution < -0.4 is 10.1 Å². The van der Waals surface area contributed by atoms with Gasteiger partial charge in [-0.3, -0.25) is 0 Å². The molecule has 0 aliphatic carbocycles. The fourth-order valence-corrected chi connectivity index (χ4v) is 2.88. The maximum absolute atomic E-state index is 6.06. The van der Waals surface area contributed by atoms with Crippen LogP contribution in [0.1, 0.15) is 0 Å². The highest BCUT2D eigenvalue weighted by molar-refractivity contribution is 5.96. The van der Waals surface area contributed by atoms with Gasteiger partial charge in [-0.1, -0.05) is 18.2 Å². The second kappa shape index (κ2) is 6.68. The molecule has 0 saturated heterocycles. The molecule has 0 fully saturated rings. The van der Waals surface area contributed by atoms with E-state index in [9.17, 15) is 0 Å². The first kappa shape index (κ1) is 15.3. The van der Waals surface area contributed by atoms with Crippen LogP contribution in [0.4, 0.5) is 5.82 Å². The van der Waals surface area contributed by atoms with Gasteiger partial charge in [-0.05, 0) is 18.2 Å². The van der Waals surface area contributed by atoms with E-state index >= 15 is 0 Å². The highest BCUT2D eigenvalue weighted by Crippen LogP contribution is 2.35. The predicted octanol–water partition coefficient (Wildman–Crippen LogP) is 3.55. The van der Waals surface area contributed by atoms with Crippen molar-refractivity contribution in [1.29, 1.82) is 0 Å². The lowest BCUT2D eigenvalue weighted by Gasteiger charge is -2.13. The maximum atomic E-state index is 6.06. The molecule has 3 heterocycles. The average Bonchev–Trinajstić information content (AvgIpc) is 3.33. The fraction of sp³-hybridized carbons (Fsp3) is 0.158. The Kier molecular flexibility index (Phi) is 4.08. The summed E-state index contributed by atoms with van der Waals surface area (Å²) in [5.41, 5.74) is 3.00. The molecule has 6 heteroatoms. The standard InChI is InChI=1S/C19H19N5O/c1-20-18-12-16(15-6-7-22-19(15)23-18)14-4-2-3-5-17(14)25-11-10-24-9-8-21-13-24/h2-9,12-13H,10-11H2,1H3,(H2,20,22,23). The van der Waals surface area contributed by atoms with E-state index in [4.69, 9.17) is 4.74 Å². The van der Waals surface area contributed by atoms with Gasteiger partial charge in [0.15, 0.2) is 0 Å². The second-order valence-electron chi connectivity index (χ2n) is 5.69. The lowest BCUT2D eigenvalue weighted by atomic mass is 10.0. The Morgan fingerprint density at radius 3 is 2.96 bits per heavy atom. The number of aromatic nitrogens is 4. The largest absolute Gasteiger partial charge is 0.491 e. The Balaban J connectivity index is 1.67. The lowest BCUT2D eigenvalue weighted by Crippen LogP contribution is -2.07. The number of para-hydroxylation sites is 1. The minimum absolute atomic E-state index is 0.577. The summed E-state index contributed by atoms with van der Waals surface area (Å²) < 4.78 is 8.06. The number of anilines is 1. The lowest BCUT2D eigenvalue weighted by molar-refractivity contribution is 0.299. The van der Waals surface area contributed by atoms with Crippen molar-refractivity contribution in [2.75, 3.05) is 19.0 Å². The van der Waals surface area contributed by atoms with E-state index < -0.39 is 0 Å². The number of fused-ring (bicyclic) bond motifs is 1. The number of nitrogens with zero attached hydrogens (tertiary/aromatic N) is 3. The Morgan fingerprint density at radius 2 is 2.12 bits per heavy atom. The number of hydrogen-bond donors (Lipinski definition) is 2. The summed E-state index contributed by atoms with van der Waals surface area (Å²) in [5, 5.41) is 4.19. The van der Waals surface area contributed by atoms with Gasteiger partial charge in [0, 0.05) is 42.2 Å². The zero-order valence-electron chi connectivity index (χ0n) is 13.9. The molecule has 0 aliphatic rings. The Labute approximate surface area is 145 Å². The molecule has 0 spiro atoms. The molecule has 0 saturated carbocycles. The maximum Gasteiger partial charge on any atom is 0.140 e. The topological polar surface area (TPSA) is 67.8 Å². The number of benzene rings is 1. The minimum Gasteiger partial charge on any atom is -0.491 e. The van der Waals surface area contributed by atoms with Crippen LogP contribution in [0.2, 0.25) is 0 Å². The monoisotopic (exact) mass is 333 g/mol. The average molecular weight is 333 g/mol. The van der Waals surface area contributed by atoms with Crippen molar-refractivity contribution in [2.45, 2.75) is 6.54 Å². The number of pyridine rings is 1. The number of ether oxygens (including phenoxy) is 1. The molecule has 4 aromatic rings. The van der Waals surface area contributed by atoms with E-state index in [1.807, 2.05) is 54.3 Å². The Hall–Kier alpha value is -3.28. The van der Waals surface area contributed by atoms with E-state index in [2.05, 4.69) is 26.3 Å². The van der Waals surface area contributed by atoms with Gasteiger partial charge in [-0.15, -0.1) is 0 Å². The third-order valence-corrected chi connectivity index (χ3v) is 4.13. The summed E-state index contributed by atoms with van der Waals surface area (Å²) in [7, 11) is 1.87. The third-order valence-electron chi connectivity index (χ3n) is 4.13. The van der Waals surface area contributed by atoms with Crippen molar-refractivity contribution in [3.63, 3.8) is 0 Å². The number of aromatic amines is 1. The summed E-state index contributed by atoms with van der Waals surface area (Å²) in [4.78, 5) is 11.8. The number of nitrogens with one attached hydrogen (secondary N) is 2. The van der Waals surface area contributed by atoms with Crippen LogP contribution in [0.25, 0.3) is 22.2 Å². The number of H-pyrrole nitrogens is 1. The van der Waals surface area contributed by atoms with Gasteiger partial charge in [-0.25, -0.2) is 9.97 Å². The molecule has 0 bridgehead atoms. The van der Waals surface area contributed by atoms with Gasteiger partial charge in [0.25, 0.3) is 0 Å². The summed E-state index contributed by atoms with van der Waals surface area (Å²) in [6.45, 7) is 1.33. The first-order valence-electron chi connectivity index (χ1n) is 8.19. The molecule has 126 valence electrons. The molecule has 0 unspecified atom stereocenters. The van der Waals surface area contributed by atoms with Gasteiger partial charge in [0.2, 0.25) is 0 Å². The highest BCUT2D eigenvalue weighted by Gasteiger charge is 2.12. The van der Waals surface area contributed by atoms with Gasteiger partial charge in [-0.2, -0.15) is 0 Å². The molecule has 6 nitrogen and oxygen atoms in total. The molecular formula is C19H19N5O. The SMILES string of the molecule is CNc1cc(-c2ccccc2OCCn2ccnc2)c2cc[nH]c2n1. The smallest absolute Gasteiger partial charge is 0.140 e. The van der Waals surface area contributed by atoms with Crippen LogP contribution in [0.5, 0.6) is 5.75 Å².